The number of piperazine rings is 1. The predicted octanol–water partition coefficient (Wildman–Crippen LogP) is 1.95. The maximum Gasteiger partial charge on any atom is 0.133 e. The Labute approximate surface area is 123 Å². The zero-order valence-electron chi connectivity index (χ0n) is 13.5. The summed E-state index contributed by atoms with van der Waals surface area (Å²) in [6, 6.07) is 2.82. The molecular formula is C16H28N4. The molecule has 1 atom stereocenters. The fourth-order valence-corrected chi connectivity index (χ4v) is 3.08. The molecule has 0 saturated carbocycles. The number of pyridine rings is 1. The third kappa shape index (κ3) is 3.13. The molecule has 2 heterocycles. The van der Waals surface area contributed by atoms with E-state index < -0.39 is 0 Å². The summed E-state index contributed by atoms with van der Waals surface area (Å²) >= 11 is 0. The summed E-state index contributed by atoms with van der Waals surface area (Å²) in [5.74, 6) is 1.18. The molecular weight excluding hydrogens is 248 g/mol. The minimum Gasteiger partial charge on any atom is -0.353 e. The highest BCUT2D eigenvalue weighted by Crippen LogP contribution is 2.25. The van der Waals surface area contributed by atoms with E-state index in [1.807, 2.05) is 7.05 Å². The number of rotatable bonds is 4. The molecule has 1 aromatic heterocycles. The summed E-state index contributed by atoms with van der Waals surface area (Å²) in [5.41, 5.74) is 3.80. The summed E-state index contributed by atoms with van der Waals surface area (Å²) in [4.78, 5) is 9.78. The number of aryl methyl sites for hydroxylation is 2. The van der Waals surface area contributed by atoms with Crippen LogP contribution in [0.15, 0.2) is 6.07 Å². The molecule has 112 valence electrons. The molecule has 0 spiro atoms. The van der Waals surface area contributed by atoms with Crippen LogP contribution in [0.4, 0.5) is 5.82 Å². The molecule has 4 nitrogen and oxygen atoms in total. The fraction of sp³-hybridized carbons (Fsp3) is 0.688. The van der Waals surface area contributed by atoms with Crippen LogP contribution < -0.4 is 10.2 Å². The van der Waals surface area contributed by atoms with Gasteiger partial charge < -0.3 is 10.2 Å². The van der Waals surface area contributed by atoms with E-state index in [0.717, 1.165) is 31.9 Å². The predicted molar refractivity (Wildman–Crippen MR) is 85.4 cm³/mol. The Hall–Kier alpha value is -1.13. The smallest absolute Gasteiger partial charge is 0.133 e. The van der Waals surface area contributed by atoms with Gasteiger partial charge in [-0.2, -0.15) is 0 Å². The maximum absolute atomic E-state index is 4.84. The van der Waals surface area contributed by atoms with Crippen molar-refractivity contribution in [2.24, 2.45) is 0 Å². The van der Waals surface area contributed by atoms with Crippen molar-refractivity contribution >= 4 is 5.82 Å². The monoisotopic (exact) mass is 276 g/mol. The van der Waals surface area contributed by atoms with Crippen LogP contribution >= 0.6 is 0 Å². The van der Waals surface area contributed by atoms with Crippen LogP contribution in [0, 0.1) is 13.8 Å². The number of nitrogens with zero attached hydrogens (tertiary/aromatic N) is 3. The third-order valence-electron chi connectivity index (χ3n) is 4.36. The Bertz CT molecular complexity index is 458. The molecule has 1 N–H and O–H groups in total. The first-order valence-corrected chi connectivity index (χ1v) is 7.63. The highest BCUT2D eigenvalue weighted by atomic mass is 15.3. The van der Waals surface area contributed by atoms with E-state index in [9.17, 15) is 0 Å². The second-order valence-electron chi connectivity index (χ2n) is 5.90. The van der Waals surface area contributed by atoms with E-state index in [0.29, 0.717) is 6.04 Å². The normalized spacial score (nSPS) is 20.4. The molecule has 1 fully saturated rings. The lowest BCUT2D eigenvalue weighted by Crippen LogP contribution is -2.51. The van der Waals surface area contributed by atoms with E-state index in [4.69, 9.17) is 4.98 Å². The second kappa shape index (κ2) is 6.55. The highest BCUT2D eigenvalue weighted by molar-refractivity contribution is 5.52. The SMILES string of the molecule is CCC1CN(c2nc(C)cc(C)c2CNC)CCN1C. The van der Waals surface area contributed by atoms with Gasteiger partial charge in [0.25, 0.3) is 0 Å². The van der Waals surface area contributed by atoms with Crippen LogP contribution in [0.2, 0.25) is 0 Å². The van der Waals surface area contributed by atoms with Gasteiger partial charge in [0.2, 0.25) is 0 Å². The first-order chi connectivity index (χ1) is 9.56. The zero-order valence-corrected chi connectivity index (χ0v) is 13.5. The average Bonchev–Trinajstić information content (AvgIpc) is 2.42. The largest absolute Gasteiger partial charge is 0.353 e. The number of nitrogens with one attached hydrogen (secondary N) is 1. The summed E-state index contributed by atoms with van der Waals surface area (Å²) in [6.07, 6.45) is 1.19. The summed E-state index contributed by atoms with van der Waals surface area (Å²) in [5, 5.41) is 3.28. The van der Waals surface area contributed by atoms with Crippen LogP contribution in [0.5, 0.6) is 0 Å². The highest BCUT2D eigenvalue weighted by Gasteiger charge is 2.25. The van der Waals surface area contributed by atoms with Crippen LogP contribution in [0.25, 0.3) is 0 Å². The van der Waals surface area contributed by atoms with Gasteiger partial charge in [-0.15, -0.1) is 0 Å². The number of aromatic nitrogens is 1. The lowest BCUT2D eigenvalue weighted by atomic mass is 10.1. The number of anilines is 1. The Morgan fingerprint density at radius 3 is 2.75 bits per heavy atom. The van der Waals surface area contributed by atoms with Gasteiger partial charge in [0.15, 0.2) is 0 Å². The molecule has 4 heteroatoms. The van der Waals surface area contributed by atoms with Gasteiger partial charge in [0, 0.05) is 43.5 Å². The third-order valence-corrected chi connectivity index (χ3v) is 4.36. The molecule has 1 unspecified atom stereocenters. The van der Waals surface area contributed by atoms with Crippen molar-refractivity contribution in [2.75, 3.05) is 38.6 Å². The average molecular weight is 276 g/mol. The van der Waals surface area contributed by atoms with Gasteiger partial charge in [-0.25, -0.2) is 4.98 Å². The van der Waals surface area contributed by atoms with Crippen LogP contribution in [0.1, 0.15) is 30.2 Å². The molecule has 0 bridgehead atoms. The van der Waals surface area contributed by atoms with Gasteiger partial charge in [-0.1, -0.05) is 6.92 Å². The Kier molecular flexibility index (Phi) is 5.00. The van der Waals surface area contributed by atoms with Gasteiger partial charge in [0.1, 0.15) is 5.82 Å². The molecule has 1 saturated heterocycles. The number of likely N-dealkylation sites (N-methyl/N-ethyl adjacent to an activating group) is 1. The minimum absolute atomic E-state index is 0.633. The van der Waals surface area contributed by atoms with E-state index >= 15 is 0 Å². The van der Waals surface area contributed by atoms with E-state index in [2.05, 4.69) is 49.0 Å². The minimum atomic E-state index is 0.633. The maximum atomic E-state index is 4.84. The molecule has 0 amide bonds. The van der Waals surface area contributed by atoms with Gasteiger partial charge in [-0.3, -0.25) is 4.90 Å². The molecule has 0 radical (unpaired) electrons. The zero-order chi connectivity index (χ0) is 14.7. The van der Waals surface area contributed by atoms with Crippen molar-refractivity contribution in [3.8, 4) is 0 Å². The van der Waals surface area contributed by atoms with Crippen molar-refractivity contribution in [1.29, 1.82) is 0 Å². The Morgan fingerprint density at radius 2 is 2.10 bits per heavy atom. The van der Waals surface area contributed by atoms with E-state index in [1.54, 1.807) is 0 Å². The van der Waals surface area contributed by atoms with Crippen molar-refractivity contribution in [2.45, 2.75) is 39.8 Å². The fourth-order valence-electron chi connectivity index (χ4n) is 3.08. The lowest BCUT2D eigenvalue weighted by molar-refractivity contribution is 0.212. The quantitative estimate of drug-likeness (QED) is 0.911. The molecule has 20 heavy (non-hydrogen) atoms. The molecule has 1 aromatic rings. The molecule has 0 aromatic carbocycles. The van der Waals surface area contributed by atoms with Gasteiger partial charge in [0.05, 0.1) is 0 Å². The molecule has 2 rings (SSSR count). The van der Waals surface area contributed by atoms with Gasteiger partial charge >= 0.3 is 0 Å². The van der Waals surface area contributed by atoms with Crippen molar-refractivity contribution in [1.82, 2.24) is 15.2 Å². The van der Waals surface area contributed by atoms with E-state index in [-0.39, 0.29) is 0 Å². The molecule has 1 aliphatic heterocycles. The standard InChI is InChI=1S/C16H28N4/c1-6-14-11-20(8-7-19(14)5)16-15(10-17-4)12(2)9-13(3)18-16/h9,14,17H,6-8,10-11H2,1-5H3. The van der Waals surface area contributed by atoms with Crippen LogP contribution in [-0.2, 0) is 6.54 Å². The van der Waals surface area contributed by atoms with Crippen molar-refractivity contribution < 1.29 is 0 Å². The Balaban J connectivity index is 2.31. The summed E-state index contributed by atoms with van der Waals surface area (Å²) < 4.78 is 0. The number of hydrogen-bond donors (Lipinski definition) is 1. The lowest BCUT2D eigenvalue weighted by Gasteiger charge is -2.40. The molecule has 1 aliphatic rings. The molecule has 0 aliphatic carbocycles. The summed E-state index contributed by atoms with van der Waals surface area (Å²) in [6.45, 7) is 10.7. The topological polar surface area (TPSA) is 31.4 Å². The Morgan fingerprint density at radius 1 is 1.35 bits per heavy atom. The van der Waals surface area contributed by atoms with Crippen LogP contribution in [0.3, 0.4) is 0 Å². The van der Waals surface area contributed by atoms with Crippen LogP contribution in [-0.4, -0.2) is 49.7 Å². The number of hydrogen-bond acceptors (Lipinski definition) is 4. The van der Waals surface area contributed by atoms with Crippen molar-refractivity contribution in [3.05, 3.63) is 22.9 Å². The van der Waals surface area contributed by atoms with Crippen molar-refractivity contribution in [3.63, 3.8) is 0 Å². The van der Waals surface area contributed by atoms with E-state index in [1.165, 1.54) is 23.4 Å². The first-order valence-electron chi connectivity index (χ1n) is 7.63. The second-order valence-corrected chi connectivity index (χ2v) is 5.90. The summed E-state index contributed by atoms with van der Waals surface area (Å²) in [7, 11) is 4.23. The first kappa shape index (κ1) is 15.3. The van der Waals surface area contributed by atoms with Gasteiger partial charge in [-0.05, 0) is 46.0 Å².